The fourth-order valence-corrected chi connectivity index (χ4v) is 4.37. The van der Waals surface area contributed by atoms with E-state index in [1.165, 1.54) is 6.92 Å². The summed E-state index contributed by atoms with van der Waals surface area (Å²) in [5.41, 5.74) is 16.3. The van der Waals surface area contributed by atoms with Crippen LogP contribution in [0, 0.1) is 11.8 Å². The Morgan fingerprint density at radius 2 is 1.16 bits per heavy atom. The zero-order valence-corrected chi connectivity index (χ0v) is 29.6. The molecule has 0 radical (unpaired) electrons. The highest BCUT2D eigenvalue weighted by molar-refractivity contribution is 5.97. The summed E-state index contributed by atoms with van der Waals surface area (Å²) in [7, 11) is 0. The van der Waals surface area contributed by atoms with E-state index >= 15 is 0 Å². The normalized spacial score (nSPS) is 16.4. The Morgan fingerprint density at radius 3 is 1.61 bits per heavy atom. The summed E-state index contributed by atoms with van der Waals surface area (Å²) >= 11 is 0. The van der Waals surface area contributed by atoms with E-state index in [9.17, 15) is 54.0 Å². The van der Waals surface area contributed by atoms with Crippen molar-refractivity contribution < 1.29 is 54.0 Å². The number of amides is 6. The maximum Gasteiger partial charge on any atom is 0.245 e. The maximum atomic E-state index is 13.5. The number of guanidine groups is 1. The molecule has 21 heteroatoms. The molecule has 0 bridgehead atoms. The zero-order chi connectivity index (χ0) is 39.4. The third kappa shape index (κ3) is 16.4. The third-order valence-electron chi connectivity index (χ3n) is 7.73. The summed E-state index contributed by atoms with van der Waals surface area (Å²) in [4.78, 5) is 92.7. The number of rotatable bonds is 24. The highest BCUT2D eigenvalue weighted by Crippen LogP contribution is 2.12. The average molecular weight is 733 g/mol. The number of hydrogen-bond donors (Lipinski definition) is 13. The van der Waals surface area contributed by atoms with Crippen LogP contribution >= 0.6 is 0 Å². The van der Waals surface area contributed by atoms with E-state index in [1.54, 1.807) is 27.7 Å². The van der Waals surface area contributed by atoms with Crippen molar-refractivity contribution in [3.8, 4) is 0 Å². The lowest BCUT2D eigenvalue weighted by atomic mass is 9.95. The van der Waals surface area contributed by atoms with Crippen molar-refractivity contribution in [2.45, 2.75) is 102 Å². The molecule has 0 spiro atoms. The summed E-state index contributed by atoms with van der Waals surface area (Å²) in [6.07, 6.45) is -0.319. The highest BCUT2D eigenvalue weighted by Gasteiger charge is 2.36. The van der Waals surface area contributed by atoms with Crippen molar-refractivity contribution in [3.05, 3.63) is 0 Å². The quantitative estimate of drug-likeness (QED) is 0.0190. The molecule has 9 atom stereocenters. The number of aliphatic hydroxyl groups is 4. The van der Waals surface area contributed by atoms with Crippen LogP contribution in [0.1, 0.15) is 53.9 Å². The number of nitrogens with two attached hydrogens (primary N) is 3. The summed E-state index contributed by atoms with van der Waals surface area (Å²) in [5.74, 6) is -6.77. The van der Waals surface area contributed by atoms with Crippen LogP contribution in [-0.2, 0) is 33.6 Å². The second-order valence-corrected chi connectivity index (χ2v) is 12.3. The number of aliphatic imine (C=N–C) groups is 1. The third-order valence-corrected chi connectivity index (χ3v) is 7.73. The smallest absolute Gasteiger partial charge is 0.245 e. The first-order valence-electron chi connectivity index (χ1n) is 16.5. The van der Waals surface area contributed by atoms with Crippen LogP contribution in [0.2, 0.25) is 0 Å². The van der Waals surface area contributed by atoms with E-state index in [2.05, 4.69) is 36.9 Å². The van der Waals surface area contributed by atoms with E-state index in [0.717, 1.165) is 0 Å². The molecule has 21 nitrogen and oxygen atoms in total. The number of carbonyl (C=O) groups is 7. The van der Waals surface area contributed by atoms with Gasteiger partial charge in [-0.2, -0.15) is 0 Å². The second kappa shape index (κ2) is 23.9. The fourth-order valence-electron chi connectivity index (χ4n) is 4.37. The average Bonchev–Trinajstić information content (AvgIpc) is 3.08. The lowest BCUT2D eigenvalue weighted by molar-refractivity contribution is -0.137. The van der Waals surface area contributed by atoms with Gasteiger partial charge in [0.05, 0.1) is 32.0 Å². The minimum absolute atomic E-state index is 0.132. The molecule has 16 N–H and O–H groups in total. The lowest BCUT2D eigenvalue weighted by Gasteiger charge is -2.30. The Balaban J connectivity index is 5.73. The summed E-state index contributed by atoms with van der Waals surface area (Å²) < 4.78 is 0. The Morgan fingerprint density at radius 1 is 0.686 bits per heavy atom. The first-order valence-corrected chi connectivity index (χ1v) is 16.5. The zero-order valence-electron chi connectivity index (χ0n) is 29.6. The van der Waals surface area contributed by atoms with E-state index in [1.807, 2.05) is 0 Å². The van der Waals surface area contributed by atoms with Gasteiger partial charge in [-0.1, -0.05) is 34.1 Å². The molecule has 0 aromatic carbocycles. The minimum Gasteiger partial charge on any atom is -0.394 e. The molecule has 292 valence electrons. The van der Waals surface area contributed by atoms with Crippen LogP contribution in [-0.4, -0.2) is 143 Å². The van der Waals surface area contributed by atoms with Gasteiger partial charge in [-0.15, -0.1) is 0 Å². The standard InChI is InChI=1S/C30H56N10O11/c1-6-15(4)22(28(50)40-23(16(5)45)29(51)35-17(10-41)11-42)39-27(49)21(14(2)3)38-26(48)20(13-44)37-25(47)19(12-43)36-24(46)18(31)8-7-9-34-30(32)33/h10,14-23,42-45H,6-9,11-13,31H2,1-5H3,(H,35,51)(H,36,46)(H,37,47)(H,38,48)(H,39,49)(H,40,50)(H4,32,33,34)/t15-,16+,17+,18-,19-,20-,21-,22-,23-/m0/s1. The molecular weight excluding hydrogens is 676 g/mol. The Hall–Kier alpha value is -4.44. The van der Waals surface area contributed by atoms with Crippen LogP contribution in [0.15, 0.2) is 4.99 Å². The molecule has 0 aliphatic rings. The highest BCUT2D eigenvalue weighted by atomic mass is 16.3. The number of nitrogens with one attached hydrogen (secondary N) is 6. The number of carbonyl (C=O) groups excluding carboxylic acids is 7. The van der Waals surface area contributed by atoms with Gasteiger partial charge >= 0.3 is 0 Å². The SMILES string of the molecule is CC[C@H](C)[C@H](NC(=O)[C@@H](NC(=O)[C@H](CO)NC(=O)[C@H](CO)NC(=O)[C@@H](N)CCCN=C(N)N)C(C)C)C(=O)N[C@H](C(=O)N[C@H](C=O)CO)[C@@H](C)O. The summed E-state index contributed by atoms with van der Waals surface area (Å²) in [6, 6.07) is -9.73. The van der Waals surface area contributed by atoms with Gasteiger partial charge < -0.3 is 74.3 Å². The van der Waals surface area contributed by atoms with E-state index in [4.69, 9.17) is 17.2 Å². The molecular formula is C30H56N10O11. The van der Waals surface area contributed by atoms with Crippen molar-refractivity contribution in [3.63, 3.8) is 0 Å². The molecule has 6 amide bonds. The van der Waals surface area contributed by atoms with E-state index < -0.39 is 115 Å². The van der Waals surface area contributed by atoms with Crippen LogP contribution in [0.5, 0.6) is 0 Å². The van der Waals surface area contributed by atoms with E-state index in [0.29, 0.717) is 12.8 Å². The lowest BCUT2D eigenvalue weighted by Crippen LogP contribution is -2.63. The Labute approximate surface area is 296 Å². The number of hydrogen-bond acceptors (Lipinski definition) is 13. The molecule has 51 heavy (non-hydrogen) atoms. The Kier molecular flexibility index (Phi) is 21.8. The maximum absolute atomic E-state index is 13.5. The predicted molar refractivity (Wildman–Crippen MR) is 183 cm³/mol. The molecule has 0 saturated carbocycles. The van der Waals surface area contributed by atoms with Crippen LogP contribution in [0.4, 0.5) is 0 Å². The van der Waals surface area contributed by atoms with Gasteiger partial charge in [0.1, 0.15) is 42.5 Å². The van der Waals surface area contributed by atoms with Gasteiger partial charge in [0.15, 0.2) is 5.96 Å². The van der Waals surface area contributed by atoms with Crippen molar-refractivity contribution in [1.82, 2.24) is 31.9 Å². The first-order chi connectivity index (χ1) is 23.9. The first kappa shape index (κ1) is 46.6. The van der Waals surface area contributed by atoms with Gasteiger partial charge in [-0.3, -0.25) is 33.8 Å². The largest absolute Gasteiger partial charge is 0.394 e. The minimum atomic E-state index is -1.64. The molecule has 0 aliphatic heterocycles. The van der Waals surface area contributed by atoms with Crippen molar-refractivity contribution in [2.75, 3.05) is 26.4 Å². The number of nitrogens with zero attached hydrogens (tertiary/aromatic N) is 1. The second-order valence-electron chi connectivity index (χ2n) is 12.3. The molecule has 0 aromatic rings. The van der Waals surface area contributed by atoms with Gasteiger partial charge in [-0.25, -0.2) is 0 Å². The summed E-state index contributed by atoms with van der Waals surface area (Å²) in [6.45, 7) is 5.38. The summed E-state index contributed by atoms with van der Waals surface area (Å²) in [5, 5.41) is 52.9. The van der Waals surface area contributed by atoms with Crippen LogP contribution < -0.4 is 49.1 Å². The topological polar surface area (TPSA) is 363 Å². The van der Waals surface area contributed by atoms with Gasteiger partial charge in [0, 0.05) is 6.54 Å². The van der Waals surface area contributed by atoms with Crippen LogP contribution in [0.3, 0.4) is 0 Å². The monoisotopic (exact) mass is 732 g/mol. The number of aliphatic hydroxyl groups excluding tert-OH is 4. The molecule has 0 saturated heterocycles. The van der Waals surface area contributed by atoms with Gasteiger partial charge in [0.25, 0.3) is 0 Å². The predicted octanol–water partition coefficient (Wildman–Crippen LogP) is -6.47. The molecule has 0 heterocycles. The molecule has 0 aromatic heterocycles. The van der Waals surface area contributed by atoms with E-state index in [-0.39, 0.29) is 25.2 Å². The van der Waals surface area contributed by atoms with Crippen LogP contribution in [0.25, 0.3) is 0 Å². The fraction of sp³-hybridized carbons (Fsp3) is 0.733. The Bertz CT molecular complexity index is 1200. The molecule has 0 unspecified atom stereocenters. The molecule has 0 aliphatic carbocycles. The van der Waals surface area contributed by atoms with Gasteiger partial charge in [-0.05, 0) is 31.6 Å². The number of aldehydes is 1. The van der Waals surface area contributed by atoms with Crippen molar-refractivity contribution in [2.24, 2.45) is 34.0 Å². The molecule has 0 fully saturated rings. The molecule has 0 rings (SSSR count). The van der Waals surface area contributed by atoms with Gasteiger partial charge in [0.2, 0.25) is 35.4 Å². The van der Waals surface area contributed by atoms with Crippen molar-refractivity contribution >= 4 is 47.7 Å². The van der Waals surface area contributed by atoms with Crippen molar-refractivity contribution in [1.29, 1.82) is 0 Å².